The number of fused-ring (bicyclic) bond motifs is 1. The van der Waals surface area contributed by atoms with Crippen LogP contribution in [0.4, 0.5) is 0 Å². The summed E-state index contributed by atoms with van der Waals surface area (Å²) in [6, 6.07) is 13.4. The molecule has 0 saturated heterocycles. The van der Waals surface area contributed by atoms with Crippen LogP contribution in [0.25, 0.3) is 10.9 Å². The molecule has 0 N–H and O–H groups in total. The molecular formula is C18H15N3O2. The van der Waals surface area contributed by atoms with Gasteiger partial charge in [-0.3, -0.25) is 0 Å². The van der Waals surface area contributed by atoms with E-state index < -0.39 is 0 Å². The summed E-state index contributed by atoms with van der Waals surface area (Å²) in [4.78, 5) is 8.71. The quantitative estimate of drug-likeness (QED) is 0.741. The van der Waals surface area contributed by atoms with Crippen molar-refractivity contribution in [3.05, 3.63) is 59.5 Å². The van der Waals surface area contributed by atoms with E-state index >= 15 is 0 Å². The summed E-state index contributed by atoms with van der Waals surface area (Å²) in [6.07, 6.45) is 2.20. The lowest BCUT2D eigenvalue weighted by atomic mass is 10.0. The van der Waals surface area contributed by atoms with Gasteiger partial charge in [0, 0.05) is 17.9 Å². The molecule has 0 bridgehead atoms. The van der Waals surface area contributed by atoms with Crippen LogP contribution in [-0.2, 0) is 6.42 Å². The van der Waals surface area contributed by atoms with E-state index in [1.165, 1.54) is 0 Å². The van der Waals surface area contributed by atoms with Crippen molar-refractivity contribution in [1.82, 2.24) is 9.97 Å². The molecule has 0 radical (unpaired) electrons. The van der Waals surface area contributed by atoms with E-state index in [1.54, 1.807) is 20.5 Å². The van der Waals surface area contributed by atoms with Gasteiger partial charge >= 0.3 is 0 Å². The van der Waals surface area contributed by atoms with Crippen LogP contribution in [0.15, 0.2) is 42.7 Å². The van der Waals surface area contributed by atoms with Crippen LogP contribution in [0, 0.1) is 11.3 Å². The van der Waals surface area contributed by atoms with E-state index in [0.29, 0.717) is 23.5 Å². The topological polar surface area (TPSA) is 68.0 Å². The Kier molecular flexibility index (Phi) is 4.07. The summed E-state index contributed by atoms with van der Waals surface area (Å²) in [7, 11) is 3.20. The Morgan fingerprint density at radius 3 is 2.35 bits per heavy atom. The molecule has 0 aliphatic rings. The maximum absolute atomic E-state index is 8.87. The second-order valence-electron chi connectivity index (χ2n) is 5.03. The van der Waals surface area contributed by atoms with Gasteiger partial charge < -0.3 is 9.47 Å². The number of nitrogens with zero attached hydrogens (tertiary/aromatic N) is 3. The first-order valence-electron chi connectivity index (χ1n) is 7.10. The fraction of sp³-hybridized carbons (Fsp3) is 0.167. The molecule has 0 amide bonds. The average Bonchev–Trinajstić information content (AvgIpc) is 2.61. The number of rotatable bonds is 4. The van der Waals surface area contributed by atoms with Crippen LogP contribution >= 0.6 is 0 Å². The van der Waals surface area contributed by atoms with E-state index in [9.17, 15) is 0 Å². The lowest BCUT2D eigenvalue weighted by Crippen LogP contribution is -1.98. The van der Waals surface area contributed by atoms with Gasteiger partial charge in [0.1, 0.15) is 6.33 Å². The van der Waals surface area contributed by atoms with Gasteiger partial charge in [0.15, 0.2) is 11.5 Å². The highest BCUT2D eigenvalue weighted by molar-refractivity contribution is 5.84. The van der Waals surface area contributed by atoms with Crippen molar-refractivity contribution in [2.75, 3.05) is 14.2 Å². The molecule has 1 heterocycles. The molecule has 5 nitrogen and oxygen atoms in total. The zero-order valence-electron chi connectivity index (χ0n) is 12.9. The van der Waals surface area contributed by atoms with E-state index in [-0.39, 0.29) is 0 Å². The number of aromatic nitrogens is 2. The van der Waals surface area contributed by atoms with Crippen molar-refractivity contribution in [3.8, 4) is 17.6 Å². The highest BCUT2D eigenvalue weighted by atomic mass is 16.5. The van der Waals surface area contributed by atoms with Gasteiger partial charge in [-0.2, -0.15) is 5.26 Å². The summed E-state index contributed by atoms with van der Waals surface area (Å²) in [5.41, 5.74) is 3.44. The van der Waals surface area contributed by atoms with Gasteiger partial charge in [-0.25, -0.2) is 9.97 Å². The van der Waals surface area contributed by atoms with Crippen molar-refractivity contribution in [1.29, 1.82) is 5.26 Å². The third-order valence-corrected chi connectivity index (χ3v) is 3.68. The Hall–Kier alpha value is -3.13. The molecule has 114 valence electrons. The number of methoxy groups -OCH3 is 2. The molecule has 23 heavy (non-hydrogen) atoms. The van der Waals surface area contributed by atoms with Crippen molar-refractivity contribution in [3.63, 3.8) is 0 Å². The summed E-state index contributed by atoms with van der Waals surface area (Å²) in [5.74, 6) is 1.29. The van der Waals surface area contributed by atoms with E-state index in [1.807, 2.05) is 36.4 Å². The fourth-order valence-electron chi connectivity index (χ4n) is 2.47. The van der Waals surface area contributed by atoms with Crippen molar-refractivity contribution < 1.29 is 9.47 Å². The Balaban J connectivity index is 2.04. The molecule has 0 saturated carbocycles. The van der Waals surface area contributed by atoms with Crippen molar-refractivity contribution in [2.45, 2.75) is 6.42 Å². The maximum Gasteiger partial charge on any atom is 0.162 e. The minimum atomic E-state index is 0.642. The number of benzene rings is 2. The van der Waals surface area contributed by atoms with Crippen LogP contribution in [-0.4, -0.2) is 24.2 Å². The number of hydrogen-bond acceptors (Lipinski definition) is 5. The Bertz CT molecular complexity index is 883. The summed E-state index contributed by atoms with van der Waals surface area (Å²) < 4.78 is 10.7. The molecule has 0 atom stereocenters. The monoisotopic (exact) mass is 305 g/mol. The van der Waals surface area contributed by atoms with Gasteiger partial charge in [0.25, 0.3) is 0 Å². The third-order valence-electron chi connectivity index (χ3n) is 3.68. The zero-order valence-corrected chi connectivity index (χ0v) is 12.9. The minimum absolute atomic E-state index is 0.642. The first-order valence-corrected chi connectivity index (χ1v) is 7.10. The Labute approximate surface area is 134 Å². The standard InChI is InChI=1S/C18H15N3O2/c1-22-17-8-14-15(7-12-3-5-13(10-19)6-4-12)20-11-21-16(14)9-18(17)23-2/h3-6,8-9,11H,7H2,1-2H3. The van der Waals surface area contributed by atoms with Crippen LogP contribution in [0.1, 0.15) is 16.8 Å². The van der Waals surface area contributed by atoms with Crippen molar-refractivity contribution >= 4 is 10.9 Å². The summed E-state index contributed by atoms with van der Waals surface area (Å²) in [5, 5.41) is 9.80. The second kappa shape index (κ2) is 6.32. The number of nitriles is 1. The predicted molar refractivity (Wildman–Crippen MR) is 86.6 cm³/mol. The number of hydrogen-bond donors (Lipinski definition) is 0. The van der Waals surface area contributed by atoms with Gasteiger partial charge in [0.2, 0.25) is 0 Å². The van der Waals surface area contributed by atoms with Gasteiger partial charge in [0.05, 0.1) is 37.1 Å². The first kappa shape index (κ1) is 14.8. The first-order chi connectivity index (χ1) is 11.2. The lowest BCUT2D eigenvalue weighted by molar-refractivity contribution is 0.355. The molecule has 3 rings (SSSR count). The molecule has 0 spiro atoms. The smallest absolute Gasteiger partial charge is 0.162 e. The van der Waals surface area contributed by atoms with Crippen molar-refractivity contribution in [2.24, 2.45) is 0 Å². The Morgan fingerprint density at radius 1 is 1.00 bits per heavy atom. The maximum atomic E-state index is 8.87. The second-order valence-corrected chi connectivity index (χ2v) is 5.03. The van der Waals surface area contributed by atoms with Gasteiger partial charge in [-0.05, 0) is 23.8 Å². The normalized spacial score (nSPS) is 10.3. The molecule has 1 aromatic heterocycles. The van der Waals surface area contributed by atoms with Gasteiger partial charge in [-0.15, -0.1) is 0 Å². The lowest BCUT2D eigenvalue weighted by Gasteiger charge is -2.11. The Morgan fingerprint density at radius 2 is 1.70 bits per heavy atom. The van der Waals surface area contributed by atoms with E-state index in [2.05, 4.69) is 16.0 Å². The highest BCUT2D eigenvalue weighted by Crippen LogP contribution is 2.32. The molecule has 5 heteroatoms. The van der Waals surface area contributed by atoms with E-state index in [0.717, 1.165) is 22.2 Å². The fourth-order valence-corrected chi connectivity index (χ4v) is 2.47. The van der Waals surface area contributed by atoms with E-state index in [4.69, 9.17) is 14.7 Å². The van der Waals surface area contributed by atoms with Crippen LogP contribution in [0.3, 0.4) is 0 Å². The third kappa shape index (κ3) is 2.92. The zero-order chi connectivity index (χ0) is 16.2. The molecule has 0 unspecified atom stereocenters. The summed E-state index contributed by atoms with van der Waals surface area (Å²) in [6.45, 7) is 0. The molecular weight excluding hydrogens is 290 g/mol. The van der Waals surface area contributed by atoms with Crippen LogP contribution in [0.5, 0.6) is 11.5 Å². The largest absolute Gasteiger partial charge is 0.493 e. The van der Waals surface area contributed by atoms with Crippen LogP contribution in [0.2, 0.25) is 0 Å². The molecule has 0 fully saturated rings. The minimum Gasteiger partial charge on any atom is -0.493 e. The van der Waals surface area contributed by atoms with Crippen LogP contribution < -0.4 is 9.47 Å². The number of ether oxygens (including phenoxy) is 2. The SMILES string of the molecule is COc1cc2ncnc(Cc3ccc(C#N)cc3)c2cc1OC. The molecule has 0 aliphatic carbocycles. The predicted octanol–water partition coefficient (Wildman–Crippen LogP) is 3.11. The molecule has 2 aromatic carbocycles. The highest BCUT2D eigenvalue weighted by Gasteiger charge is 2.11. The molecule has 0 aliphatic heterocycles. The molecule has 3 aromatic rings. The summed E-state index contributed by atoms with van der Waals surface area (Å²) >= 11 is 0. The average molecular weight is 305 g/mol. The van der Waals surface area contributed by atoms with Gasteiger partial charge in [-0.1, -0.05) is 12.1 Å².